The van der Waals surface area contributed by atoms with Gasteiger partial charge in [0.05, 0.1) is 24.5 Å². The summed E-state index contributed by atoms with van der Waals surface area (Å²) in [5, 5.41) is 11.2. The van der Waals surface area contributed by atoms with Gasteiger partial charge in [-0.15, -0.1) is 0 Å². The van der Waals surface area contributed by atoms with Gasteiger partial charge in [-0.3, -0.25) is 4.79 Å². The maximum absolute atomic E-state index is 11.7. The van der Waals surface area contributed by atoms with E-state index < -0.39 is 17.1 Å². The highest BCUT2D eigenvalue weighted by Gasteiger charge is 2.26. The molecule has 0 rings (SSSR count). The van der Waals surface area contributed by atoms with E-state index in [1.165, 1.54) is 0 Å². The molecule has 0 aliphatic rings. The molecule has 0 aliphatic heterocycles. The van der Waals surface area contributed by atoms with Gasteiger partial charge in [0.15, 0.2) is 0 Å². The van der Waals surface area contributed by atoms with Crippen LogP contribution in [0.2, 0.25) is 0 Å². The number of ether oxygens (including phenoxy) is 2. The Morgan fingerprint density at radius 3 is 2.38 bits per heavy atom. The molecule has 120 valence electrons. The standard InChI is InChI=1S/C15H26N2O4/c1-6-14(2,3)12(18)20-11-7-10-17-13(19)21-15(4,5)8-9-16/h6-8,10-11H2,1-5H3,(H,17,19). The predicted octanol–water partition coefficient (Wildman–Crippen LogP) is 2.77. The Hall–Kier alpha value is -1.77. The Kier molecular flexibility index (Phi) is 7.79. The molecule has 0 bridgehead atoms. The lowest BCUT2D eigenvalue weighted by atomic mass is 9.91. The summed E-state index contributed by atoms with van der Waals surface area (Å²) in [6.07, 6.45) is 0.781. The van der Waals surface area contributed by atoms with E-state index in [0.29, 0.717) is 19.4 Å². The zero-order valence-electron chi connectivity index (χ0n) is 13.6. The molecule has 0 aromatic heterocycles. The van der Waals surface area contributed by atoms with Crippen LogP contribution < -0.4 is 5.32 Å². The Labute approximate surface area is 126 Å². The van der Waals surface area contributed by atoms with E-state index in [4.69, 9.17) is 14.7 Å². The zero-order valence-corrected chi connectivity index (χ0v) is 13.6. The summed E-state index contributed by atoms with van der Waals surface area (Å²) in [6.45, 7) is 9.55. The third-order valence-electron chi connectivity index (χ3n) is 3.13. The van der Waals surface area contributed by atoms with Crippen molar-refractivity contribution < 1.29 is 19.1 Å². The fourth-order valence-corrected chi connectivity index (χ4v) is 1.28. The molecular formula is C15H26N2O4. The lowest BCUT2D eigenvalue weighted by Crippen LogP contribution is -2.35. The molecule has 1 N–H and O–H groups in total. The van der Waals surface area contributed by atoms with Gasteiger partial charge in [-0.25, -0.2) is 4.79 Å². The molecule has 0 atom stereocenters. The Morgan fingerprint density at radius 2 is 1.86 bits per heavy atom. The van der Waals surface area contributed by atoms with E-state index in [1.807, 2.05) is 26.8 Å². The highest BCUT2D eigenvalue weighted by Crippen LogP contribution is 2.21. The van der Waals surface area contributed by atoms with E-state index in [2.05, 4.69) is 5.32 Å². The first-order valence-corrected chi connectivity index (χ1v) is 7.15. The lowest BCUT2D eigenvalue weighted by Gasteiger charge is -2.22. The predicted molar refractivity (Wildman–Crippen MR) is 78.4 cm³/mol. The van der Waals surface area contributed by atoms with Crippen LogP contribution in [0.5, 0.6) is 0 Å². The molecule has 0 saturated carbocycles. The highest BCUT2D eigenvalue weighted by molar-refractivity contribution is 5.75. The summed E-state index contributed by atoms with van der Waals surface area (Å²) in [5.41, 5.74) is -1.29. The van der Waals surface area contributed by atoms with Crippen molar-refractivity contribution >= 4 is 12.1 Å². The second-order valence-electron chi connectivity index (χ2n) is 6.14. The monoisotopic (exact) mass is 298 g/mol. The third kappa shape index (κ3) is 8.18. The summed E-state index contributed by atoms with van der Waals surface area (Å²) >= 11 is 0. The van der Waals surface area contributed by atoms with Crippen molar-refractivity contribution in [2.45, 2.75) is 59.5 Å². The summed E-state index contributed by atoms with van der Waals surface area (Å²) in [5.74, 6) is -0.234. The molecule has 21 heavy (non-hydrogen) atoms. The normalized spacial score (nSPS) is 11.4. The molecule has 0 radical (unpaired) electrons. The maximum atomic E-state index is 11.7. The first-order chi connectivity index (χ1) is 9.64. The number of nitrogens with one attached hydrogen (secondary N) is 1. The van der Waals surface area contributed by atoms with Crippen LogP contribution in [0.3, 0.4) is 0 Å². The molecule has 0 aromatic carbocycles. The Balaban J connectivity index is 3.85. The van der Waals surface area contributed by atoms with Crippen molar-refractivity contribution in [3.63, 3.8) is 0 Å². The number of hydrogen-bond acceptors (Lipinski definition) is 5. The third-order valence-corrected chi connectivity index (χ3v) is 3.13. The quantitative estimate of drug-likeness (QED) is 0.550. The molecule has 6 nitrogen and oxygen atoms in total. The van der Waals surface area contributed by atoms with Crippen molar-refractivity contribution in [2.75, 3.05) is 13.2 Å². The number of rotatable bonds is 8. The van der Waals surface area contributed by atoms with Crippen LogP contribution in [0.4, 0.5) is 4.79 Å². The smallest absolute Gasteiger partial charge is 0.407 e. The van der Waals surface area contributed by atoms with Crippen LogP contribution in [0, 0.1) is 16.7 Å². The van der Waals surface area contributed by atoms with Gasteiger partial charge in [0.25, 0.3) is 0 Å². The number of alkyl carbamates (subject to hydrolysis) is 1. The fraction of sp³-hybridized carbons (Fsp3) is 0.800. The molecule has 0 fully saturated rings. The number of carbonyl (C=O) groups excluding carboxylic acids is 2. The topological polar surface area (TPSA) is 88.4 Å². The van der Waals surface area contributed by atoms with E-state index in [-0.39, 0.29) is 19.0 Å². The first kappa shape index (κ1) is 19.2. The SMILES string of the molecule is CCC(C)(C)C(=O)OCCCNC(=O)OC(C)(C)CC#N. The number of hydrogen-bond donors (Lipinski definition) is 1. The van der Waals surface area contributed by atoms with Crippen LogP contribution in [-0.4, -0.2) is 30.8 Å². The largest absolute Gasteiger partial charge is 0.465 e. The average Bonchev–Trinajstić information content (AvgIpc) is 2.37. The Morgan fingerprint density at radius 1 is 1.24 bits per heavy atom. The van der Waals surface area contributed by atoms with E-state index in [1.54, 1.807) is 13.8 Å². The molecule has 0 unspecified atom stereocenters. The van der Waals surface area contributed by atoms with Crippen LogP contribution in [0.1, 0.15) is 53.9 Å². The number of nitrogens with zero attached hydrogens (tertiary/aromatic N) is 1. The van der Waals surface area contributed by atoms with Gasteiger partial charge in [-0.2, -0.15) is 5.26 Å². The lowest BCUT2D eigenvalue weighted by molar-refractivity contribution is -0.154. The number of nitriles is 1. The van der Waals surface area contributed by atoms with Gasteiger partial charge in [-0.05, 0) is 40.5 Å². The number of carbonyl (C=O) groups is 2. The highest BCUT2D eigenvalue weighted by atomic mass is 16.6. The fourth-order valence-electron chi connectivity index (χ4n) is 1.28. The molecule has 1 amide bonds. The average molecular weight is 298 g/mol. The molecule has 0 heterocycles. The number of esters is 1. The van der Waals surface area contributed by atoms with E-state index in [0.717, 1.165) is 0 Å². The van der Waals surface area contributed by atoms with E-state index in [9.17, 15) is 9.59 Å². The van der Waals surface area contributed by atoms with E-state index >= 15 is 0 Å². The van der Waals surface area contributed by atoms with Crippen LogP contribution >= 0.6 is 0 Å². The number of amides is 1. The summed E-state index contributed by atoms with van der Waals surface area (Å²) < 4.78 is 10.2. The van der Waals surface area contributed by atoms with Crippen molar-refractivity contribution in [3.05, 3.63) is 0 Å². The van der Waals surface area contributed by atoms with Crippen LogP contribution in [0.15, 0.2) is 0 Å². The second-order valence-corrected chi connectivity index (χ2v) is 6.14. The van der Waals surface area contributed by atoms with Gasteiger partial charge < -0.3 is 14.8 Å². The van der Waals surface area contributed by atoms with Crippen molar-refractivity contribution in [3.8, 4) is 6.07 Å². The molecule has 0 spiro atoms. The molecule has 0 aromatic rings. The van der Waals surface area contributed by atoms with Gasteiger partial charge in [0, 0.05) is 6.54 Å². The molecule has 0 aliphatic carbocycles. The summed E-state index contributed by atoms with van der Waals surface area (Å²) in [7, 11) is 0. The van der Waals surface area contributed by atoms with Crippen molar-refractivity contribution in [2.24, 2.45) is 5.41 Å². The summed E-state index contributed by atoms with van der Waals surface area (Å²) in [4.78, 5) is 23.2. The molecule has 0 saturated heterocycles. The minimum atomic E-state index is -0.809. The molecule has 6 heteroatoms. The van der Waals surface area contributed by atoms with Crippen LogP contribution in [-0.2, 0) is 14.3 Å². The van der Waals surface area contributed by atoms with Crippen molar-refractivity contribution in [1.82, 2.24) is 5.32 Å². The van der Waals surface area contributed by atoms with Gasteiger partial charge in [-0.1, -0.05) is 6.92 Å². The molecular weight excluding hydrogens is 272 g/mol. The maximum Gasteiger partial charge on any atom is 0.407 e. The minimum Gasteiger partial charge on any atom is -0.465 e. The Bertz CT molecular complexity index is 397. The van der Waals surface area contributed by atoms with Gasteiger partial charge in [0.1, 0.15) is 5.60 Å². The van der Waals surface area contributed by atoms with Crippen molar-refractivity contribution in [1.29, 1.82) is 5.26 Å². The second kappa shape index (κ2) is 8.50. The summed E-state index contributed by atoms with van der Waals surface area (Å²) in [6, 6.07) is 1.96. The van der Waals surface area contributed by atoms with Crippen LogP contribution in [0.25, 0.3) is 0 Å². The zero-order chi connectivity index (χ0) is 16.5. The van der Waals surface area contributed by atoms with Gasteiger partial charge in [0.2, 0.25) is 0 Å². The first-order valence-electron chi connectivity index (χ1n) is 7.15. The minimum absolute atomic E-state index is 0.129. The van der Waals surface area contributed by atoms with Gasteiger partial charge >= 0.3 is 12.1 Å².